The van der Waals surface area contributed by atoms with Crippen LogP contribution >= 0.6 is 0 Å². The van der Waals surface area contributed by atoms with Crippen LogP contribution in [0.1, 0.15) is 37.5 Å². The topological polar surface area (TPSA) is 42.2 Å². The zero-order valence-corrected chi connectivity index (χ0v) is 15.7. The Kier molecular flexibility index (Phi) is 4.36. The van der Waals surface area contributed by atoms with Crippen LogP contribution in [0.5, 0.6) is 0 Å². The van der Waals surface area contributed by atoms with E-state index >= 15 is 0 Å². The Morgan fingerprint density at radius 3 is 2.54 bits per heavy atom. The molecule has 0 saturated heterocycles. The lowest BCUT2D eigenvalue weighted by molar-refractivity contribution is -0.125. The fourth-order valence-electron chi connectivity index (χ4n) is 4.41. The molecule has 5 rings (SSSR count). The van der Waals surface area contributed by atoms with Gasteiger partial charge in [-0.25, -0.2) is 0 Å². The van der Waals surface area contributed by atoms with Crippen molar-refractivity contribution in [1.82, 2.24) is 0 Å². The van der Waals surface area contributed by atoms with E-state index in [-0.39, 0.29) is 12.0 Å². The first-order chi connectivity index (χ1) is 13.8. The molecule has 0 bridgehead atoms. The maximum atomic E-state index is 12.8. The lowest BCUT2D eigenvalue weighted by atomic mass is 9.81. The lowest BCUT2D eigenvalue weighted by Gasteiger charge is -2.29. The summed E-state index contributed by atoms with van der Waals surface area (Å²) in [5, 5.41) is 7.11. The van der Waals surface area contributed by atoms with Crippen molar-refractivity contribution < 1.29 is 9.21 Å². The summed E-state index contributed by atoms with van der Waals surface area (Å²) in [6.07, 6.45) is 3.65. The maximum Gasteiger partial charge on any atom is 0.138 e. The zero-order chi connectivity index (χ0) is 18.9. The number of nitrogens with one attached hydrogen (secondary N) is 1. The monoisotopic (exact) mass is 369 g/mol. The van der Waals surface area contributed by atoms with Gasteiger partial charge in [-0.1, -0.05) is 61.0 Å². The van der Waals surface area contributed by atoms with E-state index < -0.39 is 0 Å². The molecule has 28 heavy (non-hydrogen) atoms. The van der Waals surface area contributed by atoms with Gasteiger partial charge in [-0.15, -0.1) is 0 Å². The molecular formula is C25H23NO2. The van der Waals surface area contributed by atoms with Crippen molar-refractivity contribution in [2.75, 3.05) is 5.32 Å². The van der Waals surface area contributed by atoms with Crippen molar-refractivity contribution in [2.45, 2.75) is 31.7 Å². The number of hydrogen-bond acceptors (Lipinski definition) is 3. The zero-order valence-electron chi connectivity index (χ0n) is 15.7. The van der Waals surface area contributed by atoms with Gasteiger partial charge in [0.2, 0.25) is 0 Å². The molecule has 0 amide bonds. The molecule has 1 saturated carbocycles. The van der Waals surface area contributed by atoms with Crippen LogP contribution in [0.15, 0.2) is 77.2 Å². The molecule has 2 atom stereocenters. The van der Waals surface area contributed by atoms with Crippen molar-refractivity contribution in [1.29, 1.82) is 0 Å². The first-order valence-electron chi connectivity index (χ1n) is 10.0. The Morgan fingerprint density at radius 2 is 1.68 bits per heavy atom. The number of Topliss-reactive ketones (excluding diaryl/α,β-unsaturated/α-hetero) is 1. The molecule has 3 nitrogen and oxygen atoms in total. The van der Waals surface area contributed by atoms with Crippen LogP contribution in [0, 0.1) is 5.92 Å². The number of rotatable bonds is 4. The van der Waals surface area contributed by atoms with Gasteiger partial charge in [-0.05, 0) is 36.4 Å². The molecule has 0 aliphatic heterocycles. The van der Waals surface area contributed by atoms with Gasteiger partial charge >= 0.3 is 0 Å². The summed E-state index contributed by atoms with van der Waals surface area (Å²) in [4.78, 5) is 12.8. The minimum absolute atomic E-state index is 0.0618. The highest BCUT2D eigenvalue weighted by molar-refractivity contribution is 5.94. The quantitative estimate of drug-likeness (QED) is 0.446. The molecule has 1 heterocycles. The Bertz CT molecular complexity index is 1110. The summed E-state index contributed by atoms with van der Waals surface area (Å²) in [5.41, 5.74) is 1.91. The van der Waals surface area contributed by atoms with Crippen molar-refractivity contribution in [3.8, 4) is 0 Å². The molecule has 0 radical (unpaired) electrons. The number of furan rings is 1. The van der Waals surface area contributed by atoms with Crippen LogP contribution in [0.3, 0.4) is 0 Å². The minimum Gasteiger partial charge on any atom is -0.459 e. The van der Waals surface area contributed by atoms with Crippen LogP contribution in [0.2, 0.25) is 0 Å². The smallest absolute Gasteiger partial charge is 0.138 e. The van der Waals surface area contributed by atoms with Crippen LogP contribution in [-0.2, 0) is 4.79 Å². The van der Waals surface area contributed by atoms with Gasteiger partial charge in [0.25, 0.3) is 0 Å². The molecule has 0 spiro atoms. The summed E-state index contributed by atoms with van der Waals surface area (Å²) >= 11 is 0. The molecule has 0 unspecified atom stereocenters. The van der Waals surface area contributed by atoms with Crippen LogP contribution in [-0.4, -0.2) is 5.78 Å². The Morgan fingerprint density at radius 1 is 0.893 bits per heavy atom. The van der Waals surface area contributed by atoms with E-state index in [0.717, 1.165) is 47.1 Å². The van der Waals surface area contributed by atoms with Crippen LogP contribution in [0.25, 0.3) is 21.7 Å². The second-order valence-corrected chi connectivity index (χ2v) is 7.65. The summed E-state index contributed by atoms with van der Waals surface area (Å²) < 4.78 is 6.20. The molecule has 1 aliphatic rings. The Balaban J connectivity index is 1.60. The number of anilines is 1. The van der Waals surface area contributed by atoms with E-state index in [1.165, 1.54) is 5.39 Å². The van der Waals surface area contributed by atoms with Crippen molar-refractivity contribution >= 4 is 33.2 Å². The summed E-state index contributed by atoms with van der Waals surface area (Å²) in [7, 11) is 0. The van der Waals surface area contributed by atoms with Gasteiger partial charge in [-0.3, -0.25) is 4.79 Å². The highest BCUT2D eigenvalue weighted by atomic mass is 16.3. The predicted octanol–water partition coefficient (Wildman–Crippen LogP) is 6.50. The van der Waals surface area contributed by atoms with E-state index in [1.807, 2.05) is 24.3 Å². The van der Waals surface area contributed by atoms with Crippen LogP contribution < -0.4 is 5.32 Å². The molecule has 1 N–H and O–H groups in total. The van der Waals surface area contributed by atoms with E-state index in [1.54, 1.807) is 0 Å². The SMILES string of the molecule is O=C1CCCC[C@H]1[C@@H](Nc1cccc2ccccc12)c1cc2ccccc2o1. The van der Waals surface area contributed by atoms with Gasteiger partial charge in [0.15, 0.2) is 0 Å². The number of ketones is 1. The van der Waals surface area contributed by atoms with Gasteiger partial charge in [0.1, 0.15) is 17.1 Å². The molecule has 4 aromatic rings. The number of fused-ring (bicyclic) bond motifs is 2. The van der Waals surface area contributed by atoms with Crippen molar-refractivity contribution in [3.63, 3.8) is 0 Å². The molecule has 3 heteroatoms. The molecule has 140 valence electrons. The molecule has 1 fully saturated rings. The highest BCUT2D eigenvalue weighted by Crippen LogP contribution is 2.38. The molecular weight excluding hydrogens is 346 g/mol. The van der Waals surface area contributed by atoms with Gasteiger partial charge < -0.3 is 9.73 Å². The third kappa shape index (κ3) is 3.07. The van der Waals surface area contributed by atoms with Crippen LogP contribution in [0.4, 0.5) is 5.69 Å². The molecule has 3 aromatic carbocycles. The average molecular weight is 369 g/mol. The third-order valence-electron chi connectivity index (χ3n) is 5.86. The first kappa shape index (κ1) is 17.1. The number of para-hydroxylation sites is 1. The molecule has 1 aliphatic carbocycles. The maximum absolute atomic E-state index is 12.8. The van der Waals surface area contributed by atoms with E-state index in [0.29, 0.717) is 12.2 Å². The second kappa shape index (κ2) is 7.16. The number of hydrogen-bond donors (Lipinski definition) is 1. The lowest BCUT2D eigenvalue weighted by Crippen LogP contribution is -2.30. The summed E-state index contributed by atoms with van der Waals surface area (Å²) in [5.74, 6) is 1.12. The van der Waals surface area contributed by atoms with Gasteiger partial charge in [0, 0.05) is 28.8 Å². The number of benzene rings is 3. The number of carbonyl (C=O) groups is 1. The number of carbonyl (C=O) groups excluding carboxylic acids is 1. The van der Waals surface area contributed by atoms with Gasteiger partial charge in [0.05, 0.1) is 6.04 Å². The van der Waals surface area contributed by atoms with Crippen molar-refractivity contribution in [2.24, 2.45) is 5.92 Å². The normalized spacial score (nSPS) is 18.4. The summed E-state index contributed by atoms with van der Waals surface area (Å²) in [6, 6.07) is 24.6. The average Bonchev–Trinajstić information content (AvgIpc) is 3.17. The highest BCUT2D eigenvalue weighted by Gasteiger charge is 2.33. The van der Waals surface area contributed by atoms with Gasteiger partial charge in [-0.2, -0.15) is 0 Å². The fraction of sp³-hybridized carbons (Fsp3) is 0.240. The Labute approximate surface area is 164 Å². The second-order valence-electron chi connectivity index (χ2n) is 7.65. The summed E-state index contributed by atoms with van der Waals surface area (Å²) in [6.45, 7) is 0. The van der Waals surface area contributed by atoms with E-state index in [2.05, 4.69) is 53.8 Å². The standard InChI is InChI=1S/C25H23NO2/c27-22-14-5-4-12-20(22)25(24-16-18-9-2-6-15-23(18)28-24)26-21-13-7-10-17-8-1-3-11-19(17)21/h1-3,6-11,13,15-16,20,25-26H,4-5,12,14H2/t20-,25-/m1/s1. The van der Waals surface area contributed by atoms with E-state index in [9.17, 15) is 4.79 Å². The minimum atomic E-state index is -0.161. The Hall–Kier alpha value is -3.07. The van der Waals surface area contributed by atoms with Crippen molar-refractivity contribution in [3.05, 3.63) is 78.6 Å². The van der Waals surface area contributed by atoms with E-state index in [4.69, 9.17) is 4.42 Å². The largest absolute Gasteiger partial charge is 0.459 e. The third-order valence-corrected chi connectivity index (χ3v) is 5.86. The fourth-order valence-corrected chi connectivity index (χ4v) is 4.41. The molecule has 1 aromatic heterocycles. The predicted molar refractivity (Wildman–Crippen MR) is 113 cm³/mol. The first-order valence-corrected chi connectivity index (χ1v) is 10.0.